The molecular weight excluding hydrogens is 276 g/mol. The number of nitrogen functional groups attached to an aromatic ring is 1. The van der Waals surface area contributed by atoms with Gasteiger partial charge in [-0.1, -0.05) is 0 Å². The normalized spacial score (nSPS) is 11.7. The van der Waals surface area contributed by atoms with Gasteiger partial charge in [0.1, 0.15) is 0 Å². The molecule has 1 aromatic heterocycles. The van der Waals surface area contributed by atoms with E-state index in [2.05, 4.69) is 9.71 Å². The Labute approximate surface area is 118 Å². The van der Waals surface area contributed by atoms with E-state index in [0.717, 1.165) is 6.54 Å². The van der Waals surface area contributed by atoms with Gasteiger partial charge in [-0.2, -0.15) is 0 Å². The SMILES string of the molecule is Cc1cc(N)ccc1S(=O)(=O)NCCCn1ccnc1. The Morgan fingerprint density at radius 1 is 1.40 bits per heavy atom. The molecule has 2 aromatic rings. The molecule has 0 aliphatic carbocycles. The summed E-state index contributed by atoms with van der Waals surface area (Å²) in [6.45, 7) is 2.84. The van der Waals surface area contributed by atoms with Crippen LogP contribution in [0.2, 0.25) is 0 Å². The number of benzene rings is 1. The van der Waals surface area contributed by atoms with Gasteiger partial charge in [0.25, 0.3) is 0 Å². The maximum absolute atomic E-state index is 12.2. The second-order valence-corrected chi connectivity index (χ2v) is 6.31. The van der Waals surface area contributed by atoms with Crippen LogP contribution < -0.4 is 10.5 Å². The molecular formula is C13H18N4O2S. The van der Waals surface area contributed by atoms with Crippen molar-refractivity contribution in [3.8, 4) is 0 Å². The molecule has 6 nitrogen and oxygen atoms in total. The topological polar surface area (TPSA) is 90.0 Å². The molecule has 0 bridgehead atoms. The number of aromatic nitrogens is 2. The summed E-state index contributed by atoms with van der Waals surface area (Å²) in [4.78, 5) is 4.20. The lowest BCUT2D eigenvalue weighted by Gasteiger charge is -2.10. The Morgan fingerprint density at radius 3 is 2.85 bits per heavy atom. The Hall–Kier alpha value is -1.86. The van der Waals surface area contributed by atoms with Crippen LogP contribution in [0.5, 0.6) is 0 Å². The van der Waals surface area contributed by atoms with E-state index >= 15 is 0 Å². The van der Waals surface area contributed by atoms with Gasteiger partial charge in [0.2, 0.25) is 10.0 Å². The first-order chi connectivity index (χ1) is 9.49. The van der Waals surface area contributed by atoms with Crippen molar-refractivity contribution in [3.63, 3.8) is 0 Å². The molecule has 108 valence electrons. The molecule has 0 aliphatic rings. The van der Waals surface area contributed by atoms with E-state index < -0.39 is 10.0 Å². The Balaban J connectivity index is 1.93. The van der Waals surface area contributed by atoms with Crippen LogP contribution in [0.15, 0.2) is 41.8 Å². The Kier molecular flexibility index (Phi) is 4.41. The molecule has 3 N–H and O–H groups in total. The number of nitrogens with one attached hydrogen (secondary N) is 1. The number of hydrogen-bond acceptors (Lipinski definition) is 4. The molecule has 2 rings (SSSR count). The maximum Gasteiger partial charge on any atom is 0.240 e. The third-order valence-electron chi connectivity index (χ3n) is 2.93. The number of rotatable bonds is 6. The van der Waals surface area contributed by atoms with Gasteiger partial charge in [-0.3, -0.25) is 0 Å². The predicted octanol–water partition coefficient (Wildman–Crippen LogP) is 1.14. The second-order valence-electron chi connectivity index (χ2n) is 4.58. The molecule has 0 fully saturated rings. The van der Waals surface area contributed by atoms with Crippen LogP contribution in [0, 0.1) is 6.92 Å². The molecule has 0 saturated carbocycles. The number of nitrogens with zero attached hydrogens (tertiary/aromatic N) is 2. The number of nitrogens with two attached hydrogens (primary N) is 1. The molecule has 0 saturated heterocycles. The minimum absolute atomic E-state index is 0.273. The summed E-state index contributed by atoms with van der Waals surface area (Å²) in [6, 6.07) is 4.77. The summed E-state index contributed by atoms with van der Waals surface area (Å²) in [5.41, 5.74) is 6.83. The summed E-state index contributed by atoms with van der Waals surface area (Å²) in [5.74, 6) is 0. The van der Waals surface area contributed by atoms with Crippen LogP contribution in [-0.2, 0) is 16.6 Å². The highest BCUT2D eigenvalue weighted by atomic mass is 32.2. The summed E-state index contributed by atoms with van der Waals surface area (Å²) in [6.07, 6.45) is 5.95. The van der Waals surface area contributed by atoms with Crippen LogP contribution >= 0.6 is 0 Å². The molecule has 0 spiro atoms. The largest absolute Gasteiger partial charge is 0.399 e. The summed E-state index contributed by atoms with van der Waals surface area (Å²) < 4.78 is 28.8. The van der Waals surface area contributed by atoms with E-state index in [9.17, 15) is 8.42 Å². The molecule has 7 heteroatoms. The van der Waals surface area contributed by atoms with Crippen molar-refractivity contribution < 1.29 is 8.42 Å². The molecule has 1 heterocycles. The molecule has 1 aromatic carbocycles. The van der Waals surface area contributed by atoms with Crippen molar-refractivity contribution in [2.75, 3.05) is 12.3 Å². The third-order valence-corrected chi connectivity index (χ3v) is 4.55. The van der Waals surface area contributed by atoms with E-state index in [1.165, 1.54) is 6.07 Å². The van der Waals surface area contributed by atoms with Gasteiger partial charge in [0, 0.05) is 31.2 Å². The van der Waals surface area contributed by atoms with Gasteiger partial charge >= 0.3 is 0 Å². The van der Waals surface area contributed by atoms with E-state index in [1.54, 1.807) is 31.6 Å². The minimum Gasteiger partial charge on any atom is -0.399 e. The molecule has 0 amide bonds. The molecule has 0 atom stereocenters. The zero-order valence-corrected chi connectivity index (χ0v) is 12.1. The van der Waals surface area contributed by atoms with Crippen molar-refractivity contribution in [1.29, 1.82) is 0 Å². The number of anilines is 1. The zero-order valence-electron chi connectivity index (χ0n) is 11.3. The van der Waals surface area contributed by atoms with Gasteiger partial charge in [0.05, 0.1) is 11.2 Å². The number of imidazole rings is 1. The van der Waals surface area contributed by atoms with Crippen molar-refractivity contribution in [2.45, 2.75) is 24.8 Å². The van der Waals surface area contributed by atoms with Crippen LogP contribution in [0.25, 0.3) is 0 Å². The average molecular weight is 294 g/mol. The van der Waals surface area contributed by atoms with Crippen LogP contribution in [0.1, 0.15) is 12.0 Å². The van der Waals surface area contributed by atoms with Gasteiger partial charge in [-0.25, -0.2) is 18.1 Å². The van der Waals surface area contributed by atoms with E-state index in [-0.39, 0.29) is 4.90 Å². The molecule has 0 radical (unpaired) electrons. The first kappa shape index (κ1) is 14.5. The van der Waals surface area contributed by atoms with Gasteiger partial charge in [-0.05, 0) is 37.1 Å². The van der Waals surface area contributed by atoms with Crippen molar-refractivity contribution in [1.82, 2.24) is 14.3 Å². The quantitative estimate of drug-likeness (QED) is 0.617. The van der Waals surface area contributed by atoms with Crippen molar-refractivity contribution >= 4 is 15.7 Å². The van der Waals surface area contributed by atoms with E-state index in [0.29, 0.717) is 24.2 Å². The lowest BCUT2D eigenvalue weighted by Crippen LogP contribution is -2.26. The van der Waals surface area contributed by atoms with Gasteiger partial charge < -0.3 is 10.3 Å². The molecule has 0 aliphatic heterocycles. The number of hydrogen-bond donors (Lipinski definition) is 2. The highest BCUT2D eigenvalue weighted by molar-refractivity contribution is 7.89. The summed E-state index contributed by atoms with van der Waals surface area (Å²) >= 11 is 0. The summed E-state index contributed by atoms with van der Waals surface area (Å²) in [5, 5.41) is 0. The first-order valence-electron chi connectivity index (χ1n) is 6.30. The highest BCUT2D eigenvalue weighted by Gasteiger charge is 2.15. The second kappa shape index (κ2) is 6.06. The Bertz CT molecular complexity index is 666. The fraction of sp³-hybridized carbons (Fsp3) is 0.308. The number of aryl methyl sites for hydroxylation is 2. The monoisotopic (exact) mass is 294 g/mol. The maximum atomic E-state index is 12.2. The minimum atomic E-state index is -3.48. The van der Waals surface area contributed by atoms with Crippen molar-refractivity contribution in [2.24, 2.45) is 0 Å². The fourth-order valence-corrected chi connectivity index (χ4v) is 3.24. The first-order valence-corrected chi connectivity index (χ1v) is 7.79. The zero-order chi connectivity index (χ0) is 14.6. The van der Waals surface area contributed by atoms with Crippen LogP contribution in [0.3, 0.4) is 0 Å². The Morgan fingerprint density at radius 2 is 2.20 bits per heavy atom. The third kappa shape index (κ3) is 3.58. The average Bonchev–Trinajstić information content (AvgIpc) is 2.87. The van der Waals surface area contributed by atoms with Crippen molar-refractivity contribution in [3.05, 3.63) is 42.5 Å². The lowest BCUT2D eigenvalue weighted by molar-refractivity contribution is 0.569. The van der Waals surface area contributed by atoms with Gasteiger partial charge in [-0.15, -0.1) is 0 Å². The smallest absolute Gasteiger partial charge is 0.240 e. The predicted molar refractivity (Wildman–Crippen MR) is 77.6 cm³/mol. The summed E-state index contributed by atoms with van der Waals surface area (Å²) in [7, 11) is -3.48. The van der Waals surface area contributed by atoms with E-state index in [1.807, 2.05) is 10.8 Å². The van der Waals surface area contributed by atoms with Crippen LogP contribution in [-0.4, -0.2) is 24.5 Å². The van der Waals surface area contributed by atoms with Gasteiger partial charge in [0.15, 0.2) is 0 Å². The number of sulfonamides is 1. The van der Waals surface area contributed by atoms with Crippen LogP contribution in [0.4, 0.5) is 5.69 Å². The molecule has 0 unspecified atom stereocenters. The standard InChI is InChI=1S/C13H18N4O2S/c1-11-9-12(14)3-4-13(11)20(18,19)16-5-2-7-17-8-6-15-10-17/h3-4,6,8-10,16H,2,5,7,14H2,1H3. The highest BCUT2D eigenvalue weighted by Crippen LogP contribution is 2.17. The fourth-order valence-electron chi connectivity index (χ4n) is 1.94. The van der Waals surface area contributed by atoms with E-state index in [4.69, 9.17) is 5.73 Å². The molecule has 20 heavy (non-hydrogen) atoms. The lowest BCUT2D eigenvalue weighted by atomic mass is 10.2.